The van der Waals surface area contributed by atoms with Gasteiger partial charge in [-0.1, -0.05) is 56.3 Å². The highest BCUT2D eigenvalue weighted by Crippen LogP contribution is 2.50. The standard InChI is InChI=1S/C35H41N5O5.C27H30O16.C15H16O9.CH4O3S/c1-20(2)34(37-31(41)23-16-25-24-11-7-12-26-30(24)22(18-36-26)17-27(25)38(3)19-23)33(43)40-28(15-21-9-5-4-6-10-21)32(42)39-14-8-13-29(39)35(40,44)45-34;1-8-17(32)20(35)22(37)26(40-8)39-7-15-18(33)21(36)23(38)27(42-15)43-25-19(34)16-13(31)5-10(28)6-14(16)41-24(25)9-2-3-11(29)12(30)4-9;16-5-10-12(19)13(20)14(21)15(24-10)23-9-3-6-1-2-11(18)22-8(6)4-7(9)17;1-5(2,3)4/h4-7,9-12,18,20,23,25,27-29,36,44H,8,13-17,19H2,1-3H3,(H,37,41);2-6,8,15,17-18,20-23,26-33,35-38H,7H2,1H3;1-4,10,12-17,19-21H,5H2;1H3,(H,2,3,4)/t23-,25-,27-,28+,29+,34-,35+;8-,15+,17-,18+,20+,21-,22+,23+,26+,27-;10-,12-,13+,14-,15-;/m101./s1. The summed E-state index contributed by atoms with van der Waals surface area (Å²) in [5.41, 5.74) is 0.962. The molecule has 3 aromatic heterocycles. The third kappa shape index (κ3) is 16.7. The fourth-order valence-corrected chi connectivity index (χ4v) is 16.3. The Bertz CT molecular complexity index is 5240. The van der Waals surface area contributed by atoms with Crippen LogP contribution in [0.15, 0.2) is 128 Å². The van der Waals surface area contributed by atoms with Gasteiger partial charge < -0.3 is 139 Å². The van der Waals surface area contributed by atoms with Gasteiger partial charge in [0, 0.05) is 89.7 Å². The summed E-state index contributed by atoms with van der Waals surface area (Å²) in [4.78, 5) is 76.1. The summed E-state index contributed by atoms with van der Waals surface area (Å²) in [5, 5.41) is 167. The third-order valence-electron chi connectivity index (χ3n) is 22.3. The van der Waals surface area contributed by atoms with Crippen molar-refractivity contribution in [2.45, 2.75) is 181 Å². The summed E-state index contributed by atoms with van der Waals surface area (Å²) < 4.78 is 75.7. The minimum absolute atomic E-state index is 0.0313. The Balaban J connectivity index is 0.000000154. The van der Waals surface area contributed by atoms with Gasteiger partial charge in [0.25, 0.3) is 21.9 Å². The van der Waals surface area contributed by atoms with E-state index >= 15 is 0 Å². The SMILES string of the molecule is CC(C)[C@@]1(NC(=O)[C@@H]2C[C@@H]3c4cccc5[nH]cc(c45)C[C@H]3N(C)C2)O[C@@]2(O)[C@@H]3CCCN3C(=O)[C@H](Cc3ccccc3)N2C1=O.CS(=O)(=O)O.C[C@@H]1O[C@@H](OC[C@H]2O[C@@H](Oc3c(-c4ccc(O)c(O)c4)oc4cc(O)cc(O)c4c3=O)[C@H](O)[C@@H](O)[C@@H]2O)[C@H](O)[C@H](O)[C@H]1O.O=c1ccc2cc(O[C@@H]3O[C@H](CO)[C@@H](O)[C@H](O)[C@H]3O)c(O)cc2o1. The van der Waals surface area contributed by atoms with Crippen molar-refractivity contribution in [3.8, 4) is 51.6 Å². The van der Waals surface area contributed by atoms with E-state index in [4.69, 9.17) is 51.7 Å². The molecule has 5 aromatic carbocycles. The lowest BCUT2D eigenvalue weighted by atomic mass is 9.72. The second-order valence-electron chi connectivity index (χ2n) is 30.5. The molecule has 0 spiro atoms. The number of carbonyl (C=O) groups excluding carboxylic acids is 3. The zero-order chi connectivity index (χ0) is 84.5. The molecule has 3 amide bonds. The van der Waals surface area contributed by atoms with Crippen LogP contribution in [0.25, 0.3) is 44.2 Å². The maximum absolute atomic E-state index is 14.6. The number of likely N-dealkylation sites (tertiary alicyclic amines) is 1. The summed E-state index contributed by atoms with van der Waals surface area (Å²) in [5.74, 6) is -7.61. The predicted molar refractivity (Wildman–Crippen MR) is 403 cm³/mol. The van der Waals surface area contributed by atoms with Gasteiger partial charge in [-0.15, -0.1) is 0 Å². The number of aromatic nitrogens is 1. The molecule has 7 fully saturated rings. The number of aliphatic hydroxyl groups excluding tert-OH is 10. The number of H-pyrrole nitrogens is 1. The number of phenols is 5. The third-order valence-corrected chi connectivity index (χ3v) is 22.3. The molecular formula is C78H91N5O33S. The first kappa shape index (κ1) is 85.2. The predicted octanol–water partition coefficient (Wildman–Crippen LogP) is -0.789. The van der Waals surface area contributed by atoms with E-state index in [9.17, 15) is 109 Å². The molecule has 0 unspecified atom stereocenters. The molecule has 16 rings (SSSR count). The quantitative estimate of drug-likeness (QED) is 0.0360. The van der Waals surface area contributed by atoms with Crippen LogP contribution < -0.4 is 25.8 Å². The number of carbonyl (C=O) groups is 3. The number of fused-ring (bicyclic) bond motifs is 7. The summed E-state index contributed by atoms with van der Waals surface area (Å²) in [6, 6.07) is 24.9. The first-order valence-electron chi connectivity index (χ1n) is 37.4. The molecule has 0 radical (unpaired) electrons. The fourth-order valence-electron chi connectivity index (χ4n) is 16.3. The number of nitrogens with zero attached hydrogens (tertiary/aromatic N) is 3. The second-order valence-corrected chi connectivity index (χ2v) is 31.9. The van der Waals surface area contributed by atoms with E-state index in [0.717, 1.165) is 47.8 Å². The number of aromatic hydroxyl groups is 5. The first-order valence-corrected chi connectivity index (χ1v) is 39.3. The Hall–Kier alpha value is -9.70. The molecule has 1 aliphatic carbocycles. The van der Waals surface area contributed by atoms with Gasteiger partial charge in [0.05, 0.1) is 31.5 Å². The van der Waals surface area contributed by atoms with Crippen molar-refractivity contribution < 1.29 is 151 Å². The van der Waals surface area contributed by atoms with Crippen LogP contribution in [-0.2, 0) is 61.0 Å². The Morgan fingerprint density at radius 3 is 2.06 bits per heavy atom. The smallest absolute Gasteiger partial charge is 0.336 e. The van der Waals surface area contributed by atoms with Crippen molar-refractivity contribution >= 4 is 60.7 Å². The Morgan fingerprint density at radius 2 is 1.38 bits per heavy atom. The van der Waals surface area contributed by atoms with Crippen LogP contribution in [0.5, 0.6) is 40.2 Å². The average molecular weight is 1660 g/mol. The zero-order valence-corrected chi connectivity index (χ0v) is 64.1. The number of ether oxygens (including phenoxy) is 7. The van der Waals surface area contributed by atoms with Gasteiger partial charge in [-0.25, -0.2) is 4.79 Å². The molecule has 22 atom stereocenters. The summed E-state index contributed by atoms with van der Waals surface area (Å²) in [6.45, 7) is 4.90. The molecule has 39 heteroatoms. The molecule has 7 aliphatic heterocycles. The Kier molecular flexibility index (Phi) is 24.5. The van der Waals surface area contributed by atoms with Crippen molar-refractivity contribution in [2.75, 3.05) is 39.6 Å². The Morgan fingerprint density at radius 1 is 0.709 bits per heavy atom. The monoisotopic (exact) mass is 1660 g/mol. The molecule has 38 nitrogen and oxygen atoms in total. The van der Waals surface area contributed by atoms with E-state index in [1.165, 1.54) is 52.6 Å². The first-order chi connectivity index (χ1) is 55.3. The number of nitrogens with one attached hydrogen (secondary N) is 2. The van der Waals surface area contributed by atoms with E-state index in [1.54, 1.807) is 4.90 Å². The minimum atomic E-state index is -3.67. The zero-order valence-electron chi connectivity index (χ0n) is 63.3. The number of likely N-dealkylation sites (N-methyl/N-ethyl adjacent to an activating group) is 1. The second kappa shape index (κ2) is 33.6. The summed E-state index contributed by atoms with van der Waals surface area (Å²) in [7, 11) is -1.60. The van der Waals surface area contributed by atoms with Crippen LogP contribution in [0.4, 0.5) is 0 Å². The van der Waals surface area contributed by atoms with Crippen LogP contribution >= 0.6 is 0 Å². The number of rotatable bonds is 14. The highest BCUT2D eigenvalue weighted by molar-refractivity contribution is 7.85. The molecular weight excluding hydrogens is 1570 g/mol. The normalized spacial score (nSPS) is 32.1. The lowest BCUT2D eigenvalue weighted by molar-refractivity contribution is -0.321. The molecule has 8 aromatic rings. The van der Waals surface area contributed by atoms with Gasteiger partial charge in [-0.05, 0) is 92.7 Å². The highest BCUT2D eigenvalue weighted by Gasteiger charge is 2.72. The van der Waals surface area contributed by atoms with E-state index in [1.807, 2.05) is 44.2 Å². The number of aromatic amines is 1. The molecule has 8 aliphatic rings. The largest absolute Gasteiger partial charge is 0.508 e. The molecule has 632 valence electrons. The molecule has 117 heavy (non-hydrogen) atoms. The molecule has 7 saturated heterocycles. The fraction of sp³-hybridized carbons (Fsp3) is 0.474. The van der Waals surface area contributed by atoms with Gasteiger partial charge in [-0.2, -0.15) is 8.42 Å². The highest BCUT2D eigenvalue weighted by atomic mass is 32.2. The number of hydrogen-bond donors (Lipinski definition) is 19. The van der Waals surface area contributed by atoms with Gasteiger partial charge in [0.2, 0.25) is 41.3 Å². The van der Waals surface area contributed by atoms with Crippen LogP contribution in [-0.4, -0.2) is 294 Å². The van der Waals surface area contributed by atoms with Crippen molar-refractivity contribution in [1.82, 2.24) is 25.0 Å². The van der Waals surface area contributed by atoms with E-state index in [2.05, 4.69) is 46.6 Å². The van der Waals surface area contributed by atoms with Crippen LogP contribution in [0.1, 0.15) is 62.6 Å². The van der Waals surface area contributed by atoms with Crippen molar-refractivity contribution in [3.05, 3.63) is 147 Å². The maximum Gasteiger partial charge on any atom is 0.336 e. The summed E-state index contributed by atoms with van der Waals surface area (Å²) in [6.07, 6.45) is -17.6. The summed E-state index contributed by atoms with van der Waals surface area (Å²) >= 11 is 0. The number of benzene rings is 5. The number of amides is 3. The lowest BCUT2D eigenvalue weighted by Gasteiger charge is -2.48. The number of hydrogen-bond acceptors (Lipinski definition) is 33. The molecule has 0 saturated carbocycles. The van der Waals surface area contributed by atoms with Gasteiger partial charge >= 0.3 is 5.63 Å². The van der Waals surface area contributed by atoms with Gasteiger partial charge in [0.1, 0.15) is 107 Å². The van der Waals surface area contributed by atoms with Gasteiger partial charge in [-0.3, -0.25) is 33.4 Å². The number of piperidine rings is 1. The average Bonchev–Trinajstić information content (AvgIpc) is 1.53. The van der Waals surface area contributed by atoms with E-state index < -0.39 is 208 Å². The van der Waals surface area contributed by atoms with Crippen molar-refractivity contribution in [2.24, 2.45) is 11.8 Å². The number of piperazine rings is 1. The van der Waals surface area contributed by atoms with E-state index in [0.29, 0.717) is 44.0 Å². The molecule has 10 heterocycles. The number of phenolic OH excluding ortho intramolecular Hbond substituents is 5. The van der Waals surface area contributed by atoms with Crippen LogP contribution in [0, 0.1) is 11.8 Å². The molecule has 19 N–H and O–H groups in total. The minimum Gasteiger partial charge on any atom is -0.508 e. The van der Waals surface area contributed by atoms with Crippen molar-refractivity contribution in [1.29, 1.82) is 0 Å². The Labute approximate surface area is 664 Å². The topological polar surface area (TPSA) is 592 Å². The molecule has 0 bridgehead atoms. The lowest BCUT2D eigenvalue weighted by Crippen LogP contribution is -2.71. The van der Waals surface area contributed by atoms with Crippen LogP contribution in [0.3, 0.4) is 0 Å². The van der Waals surface area contributed by atoms with Gasteiger partial charge in [0.15, 0.2) is 35.0 Å². The van der Waals surface area contributed by atoms with Crippen LogP contribution in [0.2, 0.25) is 0 Å². The van der Waals surface area contributed by atoms with E-state index in [-0.39, 0.29) is 58.4 Å². The van der Waals surface area contributed by atoms with Crippen molar-refractivity contribution in [3.63, 3.8) is 0 Å². The maximum atomic E-state index is 14.6. The number of aliphatic hydroxyl groups is 11.